The van der Waals surface area contributed by atoms with E-state index in [1.807, 2.05) is 35.9 Å². The molecule has 0 fully saturated rings. The average Bonchev–Trinajstić information content (AvgIpc) is 2.97. The molecule has 6 heteroatoms. The first kappa shape index (κ1) is 19.6. The van der Waals surface area contributed by atoms with E-state index in [0.29, 0.717) is 5.02 Å². The van der Waals surface area contributed by atoms with Gasteiger partial charge in [-0.25, -0.2) is 4.98 Å². The molecule has 0 aliphatic heterocycles. The fraction of sp³-hybridized carbons (Fsp3) is 0.333. The third kappa shape index (κ3) is 4.09. The molecule has 142 valence electrons. The number of pyridine rings is 1. The monoisotopic (exact) mass is 399 g/mol. The molecule has 0 radical (unpaired) electrons. The summed E-state index contributed by atoms with van der Waals surface area (Å²) >= 11 is 5.98. The van der Waals surface area contributed by atoms with Gasteiger partial charge in [0.25, 0.3) is 0 Å². The van der Waals surface area contributed by atoms with Gasteiger partial charge in [0.15, 0.2) is 0 Å². The minimum Gasteiger partial charge on any atom is -0.544 e. The number of imidazole rings is 1. The number of aryl methyl sites for hydroxylation is 1. The van der Waals surface area contributed by atoms with E-state index in [0.717, 1.165) is 28.4 Å². The van der Waals surface area contributed by atoms with E-state index < -0.39 is 8.32 Å². The minimum absolute atomic E-state index is 0.167. The van der Waals surface area contributed by atoms with Crippen molar-refractivity contribution >= 4 is 19.9 Å². The van der Waals surface area contributed by atoms with Gasteiger partial charge < -0.3 is 8.99 Å². The summed E-state index contributed by atoms with van der Waals surface area (Å²) in [5.74, 6) is 0.910. The van der Waals surface area contributed by atoms with Crippen molar-refractivity contribution < 1.29 is 4.43 Å². The van der Waals surface area contributed by atoms with Gasteiger partial charge in [-0.05, 0) is 54.5 Å². The average molecular weight is 400 g/mol. The molecule has 0 aliphatic carbocycles. The molecule has 0 spiro atoms. The number of rotatable bonds is 4. The molecule has 3 aromatic rings. The Balaban J connectivity index is 1.92. The topological polar surface area (TPSA) is 39.9 Å². The van der Waals surface area contributed by atoms with Crippen molar-refractivity contribution in [3.8, 4) is 28.4 Å². The highest BCUT2D eigenvalue weighted by atomic mass is 35.5. The second-order valence-electron chi connectivity index (χ2n) is 8.30. The molecule has 0 amide bonds. The molecule has 27 heavy (non-hydrogen) atoms. The lowest BCUT2D eigenvalue weighted by Crippen LogP contribution is -2.43. The third-order valence-corrected chi connectivity index (χ3v) is 9.80. The SMILES string of the molecule is Cn1cnc(-c2ccc(O[Si](C)(C)C(C)(C)C)cc2)c1-c1ccc(Cl)cn1. The molecule has 0 unspecified atom stereocenters. The second-order valence-corrected chi connectivity index (χ2v) is 13.5. The molecule has 1 aromatic carbocycles. The lowest BCUT2D eigenvalue weighted by molar-refractivity contribution is 0.492. The van der Waals surface area contributed by atoms with Crippen LogP contribution in [0.3, 0.4) is 0 Å². The van der Waals surface area contributed by atoms with Gasteiger partial charge in [-0.2, -0.15) is 0 Å². The maximum Gasteiger partial charge on any atom is 0.250 e. The Morgan fingerprint density at radius 2 is 1.67 bits per heavy atom. The highest BCUT2D eigenvalue weighted by molar-refractivity contribution is 6.74. The van der Waals surface area contributed by atoms with Crippen molar-refractivity contribution in [1.29, 1.82) is 0 Å². The normalized spacial score (nSPS) is 12.3. The van der Waals surface area contributed by atoms with Gasteiger partial charge in [0.2, 0.25) is 8.32 Å². The summed E-state index contributed by atoms with van der Waals surface area (Å²) in [7, 11) is 0.120. The molecule has 2 heterocycles. The Kier molecular flexibility index (Phi) is 5.19. The van der Waals surface area contributed by atoms with Crippen LogP contribution in [0.2, 0.25) is 23.2 Å². The molecule has 0 saturated carbocycles. The largest absolute Gasteiger partial charge is 0.544 e. The maximum atomic E-state index is 6.38. The molecule has 0 bridgehead atoms. The lowest BCUT2D eigenvalue weighted by Gasteiger charge is -2.36. The summed E-state index contributed by atoms with van der Waals surface area (Å²) in [6, 6.07) is 11.9. The van der Waals surface area contributed by atoms with Gasteiger partial charge in [-0.3, -0.25) is 4.98 Å². The van der Waals surface area contributed by atoms with Crippen molar-refractivity contribution in [1.82, 2.24) is 14.5 Å². The Hall–Kier alpha value is -2.11. The van der Waals surface area contributed by atoms with Crippen LogP contribution in [0.1, 0.15) is 20.8 Å². The van der Waals surface area contributed by atoms with E-state index in [-0.39, 0.29) is 5.04 Å². The highest BCUT2D eigenvalue weighted by Gasteiger charge is 2.38. The number of halogens is 1. The van der Waals surface area contributed by atoms with E-state index in [1.54, 1.807) is 12.5 Å². The first-order valence-electron chi connectivity index (χ1n) is 9.01. The lowest BCUT2D eigenvalue weighted by atomic mass is 10.1. The van der Waals surface area contributed by atoms with Gasteiger partial charge in [-0.1, -0.05) is 32.4 Å². The maximum absolute atomic E-state index is 6.38. The van der Waals surface area contributed by atoms with Gasteiger partial charge in [-0.15, -0.1) is 0 Å². The summed E-state index contributed by atoms with van der Waals surface area (Å²) in [5.41, 5.74) is 3.73. The molecule has 2 aromatic heterocycles. The Bertz CT molecular complexity index is 926. The molecule has 0 atom stereocenters. The van der Waals surface area contributed by atoms with E-state index in [1.165, 1.54) is 0 Å². The Labute approximate surface area is 167 Å². The number of hydrogen-bond donors (Lipinski definition) is 0. The molecule has 0 N–H and O–H groups in total. The van der Waals surface area contributed by atoms with Crippen molar-refractivity contribution in [2.24, 2.45) is 7.05 Å². The second kappa shape index (κ2) is 7.13. The Morgan fingerprint density at radius 3 is 2.22 bits per heavy atom. The van der Waals surface area contributed by atoms with Gasteiger partial charge in [0, 0.05) is 18.8 Å². The van der Waals surface area contributed by atoms with Crippen LogP contribution in [0.15, 0.2) is 48.9 Å². The molecule has 4 nitrogen and oxygen atoms in total. The van der Waals surface area contributed by atoms with Crippen LogP contribution in [0.5, 0.6) is 5.75 Å². The van der Waals surface area contributed by atoms with Crippen LogP contribution < -0.4 is 4.43 Å². The zero-order valence-corrected chi connectivity index (χ0v) is 18.5. The van der Waals surface area contributed by atoms with Crippen molar-refractivity contribution in [3.05, 3.63) is 53.9 Å². The van der Waals surface area contributed by atoms with E-state index in [9.17, 15) is 0 Å². The van der Waals surface area contributed by atoms with Crippen LogP contribution in [-0.2, 0) is 7.05 Å². The third-order valence-electron chi connectivity index (χ3n) is 5.21. The molecular weight excluding hydrogens is 374 g/mol. The standard InChI is InChI=1S/C21H26ClN3OSi/c1-21(2,3)27(5,6)26-17-10-7-15(8-11-17)19-20(25(4)14-24-19)18-12-9-16(22)13-23-18/h7-14H,1-6H3. The molecular formula is C21H26ClN3OSi. The predicted octanol–water partition coefficient (Wildman–Crippen LogP) is 6.19. The first-order valence-corrected chi connectivity index (χ1v) is 12.3. The summed E-state index contributed by atoms with van der Waals surface area (Å²) in [4.78, 5) is 9.04. The van der Waals surface area contributed by atoms with E-state index >= 15 is 0 Å². The summed E-state index contributed by atoms with van der Waals surface area (Å²) in [6.07, 6.45) is 3.46. The summed E-state index contributed by atoms with van der Waals surface area (Å²) in [6.45, 7) is 11.2. The smallest absolute Gasteiger partial charge is 0.250 e. The fourth-order valence-electron chi connectivity index (χ4n) is 2.59. The van der Waals surface area contributed by atoms with Crippen LogP contribution in [0.4, 0.5) is 0 Å². The highest BCUT2D eigenvalue weighted by Crippen LogP contribution is 2.38. The molecule has 0 saturated heterocycles. The van der Waals surface area contributed by atoms with Crippen LogP contribution >= 0.6 is 11.6 Å². The molecule has 0 aliphatic rings. The number of aromatic nitrogens is 3. The fourth-order valence-corrected chi connectivity index (χ4v) is 3.73. The van der Waals surface area contributed by atoms with Crippen molar-refractivity contribution in [2.75, 3.05) is 0 Å². The predicted molar refractivity (Wildman–Crippen MR) is 115 cm³/mol. The van der Waals surface area contributed by atoms with Crippen LogP contribution in [0, 0.1) is 0 Å². The number of hydrogen-bond acceptors (Lipinski definition) is 3. The summed E-state index contributed by atoms with van der Waals surface area (Å²) in [5, 5.41) is 0.787. The Morgan fingerprint density at radius 1 is 1.00 bits per heavy atom. The van der Waals surface area contributed by atoms with Gasteiger partial charge >= 0.3 is 0 Å². The van der Waals surface area contributed by atoms with Crippen LogP contribution in [0.25, 0.3) is 22.6 Å². The first-order chi connectivity index (χ1) is 12.6. The quantitative estimate of drug-likeness (QED) is 0.491. The van der Waals surface area contributed by atoms with Gasteiger partial charge in [0.1, 0.15) is 5.75 Å². The summed E-state index contributed by atoms with van der Waals surface area (Å²) < 4.78 is 8.35. The van der Waals surface area contributed by atoms with E-state index in [4.69, 9.17) is 16.0 Å². The van der Waals surface area contributed by atoms with E-state index in [2.05, 4.69) is 56.0 Å². The zero-order chi connectivity index (χ0) is 19.8. The minimum atomic E-state index is -1.85. The zero-order valence-electron chi connectivity index (χ0n) is 16.7. The van der Waals surface area contributed by atoms with Gasteiger partial charge in [0.05, 0.1) is 28.4 Å². The number of benzene rings is 1. The number of nitrogens with zero attached hydrogens (tertiary/aromatic N) is 3. The van der Waals surface area contributed by atoms with Crippen molar-refractivity contribution in [2.45, 2.75) is 38.9 Å². The molecule has 3 rings (SSSR count). The van der Waals surface area contributed by atoms with Crippen molar-refractivity contribution in [3.63, 3.8) is 0 Å². The van der Waals surface area contributed by atoms with Crippen LogP contribution in [-0.4, -0.2) is 22.9 Å².